The minimum absolute atomic E-state index is 0.0360. The standard InChI is InChI=1S/C20H28N4O/c1-16-8-10-18(11-9-16)24-19(14-17(2)22-24)21-20(25)15-23-12-6-4-3-5-7-13-23/h8-11,14H,3-7,12-13,15H2,1-2H3,(H,21,25). The molecule has 2 heterocycles. The van der Waals surface area contributed by atoms with Gasteiger partial charge in [0.05, 0.1) is 17.9 Å². The van der Waals surface area contributed by atoms with E-state index in [0.29, 0.717) is 6.54 Å². The predicted octanol–water partition coefficient (Wildman–Crippen LogP) is 3.69. The van der Waals surface area contributed by atoms with Crippen LogP contribution in [0.4, 0.5) is 5.82 Å². The number of rotatable bonds is 4. The van der Waals surface area contributed by atoms with Gasteiger partial charge in [-0.25, -0.2) is 4.68 Å². The zero-order valence-electron chi connectivity index (χ0n) is 15.3. The number of amides is 1. The van der Waals surface area contributed by atoms with E-state index in [4.69, 9.17) is 0 Å². The fourth-order valence-corrected chi connectivity index (χ4v) is 3.33. The number of nitrogens with one attached hydrogen (secondary N) is 1. The fraction of sp³-hybridized carbons (Fsp3) is 0.500. The third kappa shape index (κ3) is 4.92. The summed E-state index contributed by atoms with van der Waals surface area (Å²) >= 11 is 0. The lowest BCUT2D eigenvalue weighted by atomic mass is 10.1. The van der Waals surface area contributed by atoms with Gasteiger partial charge in [0.25, 0.3) is 0 Å². The SMILES string of the molecule is Cc1ccc(-n2nc(C)cc2NC(=O)CN2CCCCCCC2)cc1. The molecular formula is C20H28N4O. The molecule has 1 aromatic carbocycles. The fourth-order valence-electron chi connectivity index (χ4n) is 3.33. The topological polar surface area (TPSA) is 50.2 Å². The van der Waals surface area contributed by atoms with Crippen molar-refractivity contribution >= 4 is 11.7 Å². The zero-order chi connectivity index (χ0) is 17.6. The van der Waals surface area contributed by atoms with Crippen molar-refractivity contribution in [2.75, 3.05) is 25.0 Å². The van der Waals surface area contributed by atoms with Crippen LogP contribution < -0.4 is 5.32 Å². The largest absolute Gasteiger partial charge is 0.309 e. The molecule has 0 atom stereocenters. The van der Waals surface area contributed by atoms with E-state index >= 15 is 0 Å². The van der Waals surface area contributed by atoms with Gasteiger partial charge in [0, 0.05) is 6.07 Å². The number of hydrogen-bond donors (Lipinski definition) is 1. The summed E-state index contributed by atoms with van der Waals surface area (Å²) in [6.07, 6.45) is 6.26. The summed E-state index contributed by atoms with van der Waals surface area (Å²) in [6, 6.07) is 10.1. The van der Waals surface area contributed by atoms with Gasteiger partial charge in [0.2, 0.25) is 5.91 Å². The molecule has 3 rings (SSSR count). The second-order valence-corrected chi connectivity index (χ2v) is 7.01. The highest BCUT2D eigenvalue weighted by atomic mass is 16.2. The summed E-state index contributed by atoms with van der Waals surface area (Å²) in [4.78, 5) is 14.8. The molecule has 1 aliphatic heterocycles. The van der Waals surface area contributed by atoms with Crippen molar-refractivity contribution in [3.05, 3.63) is 41.6 Å². The number of anilines is 1. The number of benzene rings is 1. The number of nitrogens with zero attached hydrogens (tertiary/aromatic N) is 3. The average Bonchev–Trinajstić information content (AvgIpc) is 2.91. The minimum atomic E-state index is 0.0360. The molecule has 2 aromatic rings. The summed E-state index contributed by atoms with van der Waals surface area (Å²) in [6.45, 7) is 6.49. The van der Waals surface area contributed by atoms with Crippen LogP contribution in [-0.2, 0) is 4.79 Å². The summed E-state index contributed by atoms with van der Waals surface area (Å²) < 4.78 is 1.81. The van der Waals surface area contributed by atoms with Crippen LogP contribution in [0.1, 0.15) is 43.4 Å². The first kappa shape index (κ1) is 17.7. The van der Waals surface area contributed by atoms with Crippen molar-refractivity contribution in [3.63, 3.8) is 0 Å². The van der Waals surface area contributed by atoms with E-state index in [1.165, 1.54) is 37.7 Å². The summed E-state index contributed by atoms with van der Waals surface area (Å²) in [7, 11) is 0. The van der Waals surface area contributed by atoms with E-state index in [1.807, 2.05) is 25.1 Å². The number of hydrogen-bond acceptors (Lipinski definition) is 3. The quantitative estimate of drug-likeness (QED) is 0.923. The smallest absolute Gasteiger partial charge is 0.239 e. The molecule has 0 bridgehead atoms. The van der Waals surface area contributed by atoms with Crippen LogP contribution in [0.5, 0.6) is 0 Å². The van der Waals surface area contributed by atoms with Crippen LogP contribution in [0.25, 0.3) is 5.69 Å². The van der Waals surface area contributed by atoms with Gasteiger partial charge in [-0.2, -0.15) is 5.10 Å². The van der Waals surface area contributed by atoms with E-state index in [0.717, 1.165) is 30.3 Å². The van der Waals surface area contributed by atoms with Crippen LogP contribution in [0.3, 0.4) is 0 Å². The second-order valence-electron chi connectivity index (χ2n) is 7.01. The van der Waals surface area contributed by atoms with Crippen LogP contribution in [0, 0.1) is 13.8 Å². The molecule has 0 unspecified atom stereocenters. The maximum atomic E-state index is 12.5. The molecule has 0 saturated carbocycles. The van der Waals surface area contributed by atoms with E-state index in [9.17, 15) is 4.79 Å². The molecule has 1 N–H and O–H groups in total. The third-order valence-corrected chi connectivity index (χ3v) is 4.69. The number of carbonyl (C=O) groups excluding carboxylic acids is 1. The molecule has 1 saturated heterocycles. The van der Waals surface area contributed by atoms with E-state index in [1.54, 1.807) is 4.68 Å². The Bertz CT molecular complexity index is 697. The Labute approximate surface area is 150 Å². The molecule has 0 spiro atoms. The Kier molecular flexibility index (Phi) is 5.87. The molecule has 5 nitrogen and oxygen atoms in total. The molecule has 0 radical (unpaired) electrons. The highest BCUT2D eigenvalue weighted by Gasteiger charge is 2.15. The Hall–Kier alpha value is -2.14. The highest BCUT2D eigenvalue weighted by Crippen LogP contribution is 2.18. The van der Waals surface area contributed by atoms with Crippen molar-refractivity contribution in [1.82, 2.24) is 14.7 Å². The predicted molar refractivity (Wildman–Crippen MR) is 101 cm³/mol. The number of aryl methyl sites for hydroxylation is 2. The van der Waals surface area contributed by atoms with Crippen LogP contribution >= 0.6 is 0 Å². The van der Waals surface area contributed by atoms with Gasteiger partial charge < -0.3 is 5.32 Å². The Morgan fingerprint density at radius 2 is 1.68 bits per heavy atom. The molecule has 25 heavy (non-hydrogen) atoms. The molecule has 1 amide bonds. The summed E-state index contributed by atoms with van der Waals surface area (Å²) in [5, 5.41) is 7.57. The minimum Gasteiger partial charge on any atom is -0.309 e. The van der Waals surface area contributed by atoms with Gasteiger partial charge in [-0.15, -0.1) is 0 Å². The lowest BCUT2D eigenvalue weighted by Crippen LogP contribution is -2.35. The van der Waals surface area contributed by atoms with Crippen molar-refractivity contribution < 1.29 is 4.79 Å². The molecule has 1 aromatic heterocycles. The Morgan fingerprint density at radius 3 is 2.36 bits per heavy atom. The zero-order valence-corrected chi connectivity index (χ0v) is 15.3. The van der Waals surface area contributed by atoms with Crippen molar-refractivity contribution in [3.8, 4) is 5.69 Å². The summed E-state index contributed by atoms with van der Waals surface area (Å²) in [5.41, 5.74) is 3.05. The van der Waals surface area contributed by atoms with Crippen molar-refractivity contribution in [2.24, 2.45) is 0 Å². The Balaban J connectivity index is 1.67. The maximum Gasteiger partial charge on any atom is 0.239 e. The van der Waals surface area contributed by atoms with Crippen LogP contribution in [-0.4, -0.2) is 40.2 Å². The lowest BCUT2D eigenvalue weighted by Gasteiger charge is -2.23. The summed E-state index contributed by atoms with van der Waals surface area (Å²) in [5.74, 6) is 0.771. The van der Waals surface area contributed by atoms with Gasteiger partial charge in [-0.3, -0.25) is 9.69 Å². The van der Waals surface area contributed by atoms with Gasteiger partial charge in [0.1, 0.15) is 5.82 Å². The maximum absolute atomic E-state index is 12.5. The molecule has 1 aliphatic rings. The van der Waals surface area contributed by atoms with Crippen LogP contribution in [0.15, 0.2) is 30.3 Å². The first-order chi connectivity index (χ1) is 12.1. The third-order valence-electron chi connectivity index (χ3n) is 4.69. The van der Waals surface area contributed by atoms with Gasteiger partial charge in [-0.05, 0) is 51.9 Å². The molecule has 5 heteroatoms. The van der Waals surface area contributed by atoms with Crippen LogP contribution in [0.2, 0.25) is 0 Å². The van der Waals surface area contributed by atoms with Gasteiger partial charge >= 0.3 is 0 Å². The lowest BCUT2D eigenvalue weighted by molar-refractivity contribution is -0.117. The molecule has 0 aliphatic carbocycles. The first-order valence-corrected chi connectivity index (χ1v) is 9.28. The van der Waals surface area contributed by atoms with Gasteiger partial charge in [0.15, 0.2) is 0 Å². The van der Waals surface area contributed by atoms with Crippen molar-refractivity contribution in [2.45, 2.75) is 46.0 Å². The molecule has 134 valence electrons. The first-order valence-electron chi connectivity index (χ1n) is 9.28. The monoisotopic (exact) mass is 340 g/mol. The van der Waals surface area contributed by atoms with E-state index in [2.05, 4.69) is 34.4 Å². The second kappa shape index (κ2) is 8.30. The number of carbonyl (C=O) groups is 1. The van der Waals surface area contributed by atoms with Gasteiger partial charge in [-0.1, -0.05) is 37.0 Å². The average molecular weight is 340 g/mol. The Morgan fingerprint density at radius 1 is 1.04 bits per heavy atom. The van der Waals surface area contributed by atoms with E-state index in [-0.39, 0.29) is 5.91 Å². The normalized spacial score (nSPS) is 16.2. The highest BCUT2D eigenvalue weighted by molar-refractivity contribution is 5.91. The van der Waals surface area contributed by atoms with E-state index < -0.39 is 0 Å². The molecule has 1 fully saturated rings. The molecular weight excluding hydrogens is 312 g/mol. The van der Waals surface area contributed by atoms with Crippen molar-refractivity contribution in [1.29, 1.82) is 0 Å². The number of aromatic nitrogens is 2. The number of likely N-dealkylation sites (tertiary alicyclic amines) is 1.